The number of hydrogen-bond donors (Lipinski definition) is 0. The second-order valence-electron chi connectivity index (χ2n) is 13.8. The van der Waals surface area contributed by atoms with Gasteiger partial charge in [-0.3, -0.25) is 4.57 Å². The highest BCUT2D eigenvalue weighted by Crippen LogP contribution is 2.44. The van der Waals surface area contributed by atoms with Gasteiger partial charge in [-0.2, -0.15) is 0 Å². The van der Waals surface area contributed by atoms with Gasteiger partial charge >= 0.3 is 0 Å². The summed E-state index contributed by atoms with van der Waals surface area (Å²) < 4.78 is 11.2. The van der Waals surface area contributed by atoms with Crippen LogP contribution in [0.4, 0.5) is 0 Å². The molecule has 0 N–H and O–H groups in total. The molecule has 246 valence electrons. The van der Waals surface area contributed by atoms with E-state index < -0.39 is 0 Å². The third-order valence-electron chi connectivity index (χ3n) is 10.9. The first-order chi connectivity index (χ1) is 26.3. The molecule has 0 atom stereocenters. The molecule has 8 aromatic carbocycles. The Morgan fingerprint density at radius 1 is 0.415 bits per heavy atom. The van der Waals surface area contributed by atoms with Gasteiger partial charge in [0.15, 0.2) is 0 Å². The molecule has 5 heteroatoms. The van der Waals surface area contributed by atoms with Crippen LogP contribution in [0.5, 0.6) is 0 Å². The highest BCUT2D eigenvalue weighted by Gasteiger charge is 2.24. The average Bonchev–Trinajstić information content (AvgIpc) is 3.86. The Morgan fingerprint density at radius 2 is 1.17 bits per heavy atom. The van der Waals surface area contributed by atoms with Gasteiger partial charge in [0.05, 0.1) is 33.3 Å². The zero-order chi connectivity index (χ0) is 34.6. The molecule has 5 nitrogen and oxygen atoms in total. The van der Waals surface area contributed by atoms with Crippen molar-refractivity contribution in [3.05, 3.63) is 170 Å². The summed E-state index contributed by atoms with van der Waals surface area (Å²) in [4.78, 5) is 10.6. The molecule has 53 heavy (non-hydrogen) atoms. The number of fused-ring (bicyclic) bond motifs is 12. The number of hydrogen-bond acceptors (Lipinski definition) is 3. The fourth-order valence-electron chi connectivity index (χ4n) is 8.55. The van der Waals surface area contributed by atoms with Crippen molar-refractivity contribution in [3.8, 4) is 22.9 Å². The maximum absolute atomic E-state index is 6.49. The monoisotopic (exact) mass is 676 g/mol. The van der Waals surface area contributed by atoms with E-state index >= 15 is 0 Å². The minimum Gasteiger partial charge on any atom is -0.456 e. The van der Waals surface area contributed by atoms with E-state index in [4.69, 9.17) is 14.4 Å². The average molecular weight is 677 g/mol. The Balaban J connectivity index is 1.25. The molecular formula is C48H28N4O. The van der Waals surface area contributed by atoms with E-state index in [1.165, 1.54) is 21.5 Å². The van der Waals surface area contributed by atoms with E-state index in [0.29, 0.717) is 5.95 Å². The van der Waals surface area contributed by atoms with Crippen LogP contribution < -0.4 is 0 Å². The van der Waals surface area contributed by atoms with Gasteiger partial charge in [0.2, 0.25) is 5.95 Å². The lowest BCUT2D eigenvalue weighted by atomic mass is 10.1. The Kier molecular flexibility index (Phi) is 5.71. The predicted octanol–water partition coefficient (Wildman–Crippen LogP) is 12.5. The smallest absolute Gasteiger partial charge is 0.235 e. The first kappa shape index (κ1) is 28.5. The second kappa shape index (κ2) is 10.6. The highest BCUT2D eigenvalue weighted by molar-refractivity contribution is 6.27. The van der Waals surface area contributed by atoms with Gasteiger partial charge in [-0.15, -0.1) is 0 Å². The van der Waals surface area contributed by atoms with Crippen molar-refractivity contribution in [1.82, 2.24) is 19.1 Å². The molecule has 0 radical (unpaired) electrons. The van der Waals surface area contributed by atoms with Crippen LogP contribution in [-0.4, -0.2) is 19.1 Å². The van der Waals surface area contributed by atoms with Crippen molar-refractivity contribution in [3.63, 3.8) is 0 Å². The molecule has 0 spiro atoms. The predicted molar refractivity (Wildman–Crippen MR) is 218 cm³/mol. The molecule has 12 aromatic rings. The summed E-state index contributed by atoms with van der Waals surface area (Å²) in [5, 5.41) is 10.3. The van der Waals surface area contributed by atoms with Crippen LogP contribution in [0.2, 0.25) is 0 Å². The molecule has 0 saturated heterocycles. The molecule has 4 heterocycles. The third-order valence-corrected chi connectivity index (χ3v) is 10.9. The van der Waals surface area contributed by atoms with Crippen LogP contribution in [0.25, 0.3) is 110 Å². The Labute approximate surface area is 302 Å². The zero-order valence-electron chi connectivity index (χ0n) is 28.4. The fourth-order valence-corrected chi connectivity index (χ4v) is 8.55. The first-order valence-corrected chi connectivity index (χ1v) is 17.9. The van der Waals surface area contributed by atoms with Gasteiger partial charge < -0.3 is 8.98 Å². The molecule has 0 aliphatic heterocycles. The van der Waals surface area contributed by atoms with Gasteiger partial charge in [0, 0.05) is 55.0 Å². The van der Waals surface area contributed by atoms with E-state index in [-0.39, 0.29) is 0 Å². The minimum absolute atomic E-state index is 0.644. The van der Waals surface area contributed by atoms with Crippen LogP contribution in [-0.2, 0) is 0 Å². The summed E-state index contributed by atoms with van der Waals surface area (Å²) in [5.74, 6) is 0.644. The van der Waals surface area contributed by atoms with Gasteiger partial charge in [0.1, 0.15) is 11.2 Å². The zero-order valence-corrected chi connectivity index (χ0v) is 28.4. The molecule has 0 amide bonds. The number of furan rings is 1. The van der Waals surface area contributed by atoms with Crippen molar-refractivity contribution in [2.75, 3.05) is 0 Å². The molecule has 0 bridgehead atoms. The van der Waals surface area contributed by atoms with E-state index in [0.717, 1.165) is 82.6 Å². The van der Waals surface area contributed by atoms with Gasteiger partial charge in [-0.1, -0.05) is 121 Å². The summed E-state index contributed by atoms with van der Waals surface area (Å²) in [5.41, 5.74) is 10.1. The van der Waals surface area contributed by atoms with Gasteiger partial charge in [-0.25, -0.2) is 9.97 Å². The molecule has 4 aromatic heterocycles. The standard InChI is InChI=1S/C48H28N4O/c1-2-13-30(14-3-1)46-35-17-6-9-19-39(35)49-48(50-46)52-40-20-10-7-18-36(40)45-41(52)25-24-34-37-27-38-33-16-8-11-21-43(33)53-44(38)28-42(37)51(47(34)45)32-23-22-29-12-4-5-15-31(29)26-32/h1-28H. The van der Waals surface area contributed by atoms with E-state index in [2.05, 4.69) is 155 Å². The van der Waals surface area contributed by atoms with Gasteiger partial charge in [0.25, 0.3) is 0 Å². The van der Waals surface area contributed by atoms with E-state index in [1.807, 2.05) is 24.3 Å². The topological polar surface area (TPSA) is 48.8 Å². The Morgan fingerprint density at radius 3 is 2.08 bits per heavy atom. The van der Waals surface area contributed by atoms with Crippen molar-refractivity contribution < 1.29 is 4.42 Å². The molecular weight excluding hydrogens is 649 g/mol. The number of nitrogens with zero attached hydrogens (tertiary/aromatic N) is 4. The summed E-state index contributed by atoms with van der Waals surface area (Å²) in [6.07, 6.45) is 0. The van der Waals surface area contributed by atoms with Crippen LogP contribution in [0.1, 0.15) is 0 Å². The van der Waals surface area contributed by atoms with Crippen molar-refractivity contribution in [2.45, 2.75) is 0 Å². The lowest BCUT2D eigenvalue weighted by molar-refractivity contribution is 0.669. The van der Waals surface area contributed by atoms with Crippen molar-refractivity contribution >= 4 is 87.2 Å². The number of para-hydroxylation sites is 3. The van der Waals surface area contributed by atoms with Crippen LogP contribution >= 0.6 is 0 Å². The van der Waals surface area contributed by atoms with E-state index in [9.17, 15) is 0 Å². The van der Waals surface area contributed by atoms with Gasteiger partial charge in [-0.05, 0) is 53.2 Å². The van der Waals surface area contributed by atoms with Crippen LogP contribution in [0, 0.1) is 0 Å². The van der Waals surface area contributed by atoms with Crippen LogP contribution in [0.15, 0.2) is 174 Å². The first-order valence-electron chi connectivity index (χ1n) is 17.9. The lowest BCUT2D eigenvalue weighted by Gasteiger charge is -2.12. The molecule has 0 saturated carbocycles. The molecule has 12 rings (SSSR count). The van der Waals surface area contributed by atoms with E-state index in [1.54, 1.807) is 0 Å². The number of rotatable bonds is 3. The Hall–Kier alpha value is -7.24. The maximum Gasteiger partial charge on any atom is 0.235 e. The number of benzene rings is 8. The minimum atomic E-state index is 0.644. The quantitative estimate of drug-likeness (QED) is 0.187. The largest absolute Gasteiger partial charge is 0.456 e. The van der Waals surface area contributed by atoms with Crippen LogP contribution in [0.3, 0.4) is 0 Å². The SMILES string of the molecule is c1ccc(-c2nc(-n3c4ccccc4c4c3ccc3c5cc6c(cc5n(-c5ccc7ccccc7c5)c34)oc3ccccc36)nc3ccccc23)cc1. The number of aromatic nitrogens is 4. The molecule has 0 aliphatic carbocycles. The fraction of sp³-hybridized carbons (Fsp3) is 0. The molecule has 0 aliphatic rings. The highest BCUT2D eigenvalue weighted by atomic mass is 16.3. The third kappa shape index (κ3) is 4.02. The van der Waals surface area contributed by atoms with Crippen molar-refractivity contribution in [2.24, 2.45) is 0 Å². The second-order valence-corrected chi connectivity index (χ2v) is 13.8. The summed E-state index contributed by atoms with van der Waals surface area (Å²) in [7, 11) is 0. The normalized spacial score (nSPS) is 12.2. The molecule has 0 unspecified atom stereocenters. The lowest BCUT2D eigenvalue weighted by Crippen LogP contribution is -2.03. The summed E-state index contributed by atoms with van der Waals surface area (Å²) >= 11 is 0. The summed E-state index contributed by atoms with van der Waals surface area (Å²) in [6, 6.07) is 60.0. The maximum atomic E-state index is 6.49. The Bertz CT molecular complexity index is 3460. The summed E-state index contributed by atoms with van der Waals surface area (Å²) in [6.45, 7) is 0. The molecule has 0 fully saturated rings. The van der Waals surface area contributed by atoms with Crippen molar-refractivity contribution in [1.29, 1.82) is 0 Å².